The molecule has 1 aromatic heterocycles. The Kier molecular flexibility index (Phi) is 7.64. The van der Waals surface area contributed by atoms with E-state index in [2.05, 4.69) is 40.8 Å². The van der Waals surface area contributed by atoms with E-state index in [4.69, 9.17) is 0 Å². The Bertz CT molecular complexity index is 853. The summed E-state index contributed by atoms with van der Waals surface area (Å²) in [5, 5.41) is 10.2. The van der Waals surface area contributed by atoms with Gasteiger partial charge in [0.25, 0.3) is 0 Å². The van der Waals surface area contributed by atoms with Crippen LogP contribution >= 0.6 is 0 Å². The van der Waals surface area contributed by atoms with Crippen LogP contribution in [0.1, 0.15) is 38.8 Å². The Morgan fingerprint density at radius 1 is 1.07 bits per heavy atom. The van der Waals surface area contributed by atoms with Crippen molar-refractivity contribution in [3.8, 4) is 0 Å². The van der Waals surface area contributed by atoms with Crippen LogP contribution in [-0.4, -0.2) is 40.9 Å². The molecule has 0 spiro atoms. The predicted octanol–water partition coefficient (Wildman–Crippen LogP) is 3.03. The molecular weight excluding hydrogens is 362 g/mol. The number of nitrogens with zero attached hydrogens (tertiary/aromatic N) is 1. The zero-order valence-corrected chi connectivity index (χ0v) is 17.4. The second-order valence-corrected chi connectivity index (χ2v) is 7.25. The van der Waals surface area contributed by atoms with Gasteiger partial charge in [-0.05, 0) is 31.5 Å². The van der Waals surface area contributed by atoms with Gasteiger partial charge in [-0.1, -0.05) is 25.1 Å². The van der Waals surface area contributed by atoms with Crippen LogP contribution in [0, 0.1) is 0 Å². The van der Waals surface area contributed by atoms with Gasteiger partial charge in [0.1, 0.15) is 0 Å². The lowest BCUT2D eigenvalue weighted by Gasteiger charge is -2.19. The van der Waals surface area contributed by atoms with Gasteiger partial charge < -0.3 is 20.9 Å². The number of rotatable bonds is 9. The van der Waals surface area contributed by atoms with Crippen molar-refractivity contribution in [3.63, 3.8) is 0 Å². The summed E-state index contributed by atoms with van der Waals surface area (Å²) in [5.41, 5.74) is 4.79. The second kappa shape index (κ2) is 10.6. The average Bonchev–Trinajstić information content (AvgIpc) is 3.24. The molecule has 6 nitrogen and oxygen atoms in total. The lowest BCUT2D eigenvalue weighted by Crippen LogP contribution is -2.38. The molecule has 154 valence electrons. The number of H-pyrrole nitrogens is 1. The summed E-state index contributed by atoms with van der Waals surface area (Å²) in [6.45, 7) is 6.35. The molecule has 1 aromatic carbocycles. The number of para-hydroxylation sites is 1. The van der Waals surface area contributed by atoms with Crippen LogP contribution in [0.3, 0.4) is 0 Å². The van der Waals surface area contributed by atoms with E-state index in [1.165, 1.54) is 0 Å². The molecule has 0 bridgehead atoms. The molecule has 6 heteroatoms. The van der Waals surface area contributed by atoms with Crippen molar-refractivity contribution < 1.29 is 9.37 Å². The third-order valence-electron chi connectivity index (χ3n) is 5.12. The van der Waals surface area contributed by atoms with Crippen LogP contribution in [0.5, 0.6) is 0 Å². The Balaban J connectivity index is 1.89. The maximum absolute atomic E-state index is 13.7. The molecule has 3 rings (SSSR count). The maximum atomic E-state index is 13.7. The highest BCUT2D eigenvalue weighted by atomic mass is 16.2. The van der Waals surface area contributed by atoms with Crippen molar-refractivity contribution in [3.05, 3.63) is 65.7 Å². The van der Waals surface area contributed by atoms with Gasteiger partial charge in [0.05, 0.1) is 6.67 Å². The molecule has 0 saturated carbocycles. The van der Waals surface area contributed by atoms with Crippen molar-refractivity contribution >= 4 is 17.3 Å². The van der Waals surface area contributed by atoms with Crippen molar-refractivity contribution in [2.75, 3.05) is 19.8 Å². The van der Waals surface area contributed by atoms with Gasteiger partial charge in [0.15, 0.2) is 11.4 Å². The minimum absolute atomic E-state index is 0.00103. The molecule has 0 aliphatic carbocycles. The highest BCUT2D eigenvalue weighted by Gasteiger charge is 2.32. The molecule has 2 aromatic rings. The number of allylic oxidation sites excluding steroid dienone is 1. The molecule has 0 saturated heterocycles. The molecule has 1 aliphatic rings. The number of hydrogen-bond donors (Lipinski definition) is 4. The first-order valence-electron chi connectivity index (χ1n) is 10.5. The molecule has 0 atom stereocenters. The number of amides is 1. The van der Waals surface area contributed by atoms with Crippen molar-refractivity contribution in [1.82, 2.24) is 20.9 Å². The molecule has 0 radical (unpaired) electrons. The zero-order valence-electron chi connectivity index (χ0n) is 17.4. The number of benzene rings is 1. The molecule has 2 heterocycles. The average molecular weight is 395 g/mol. The van der Waals surface area contributed by atoms with E-state index in [1.54, 1.807) is 0 Å². The first-order chi connectivity index (χ1) is 14.2. The van der Waals surface area contributed by atoms with E-state index in [0.717, 1.165) is 55.0 Å². The van der Waals surface area contributed by atoms with Gasteiger partial charge in [0, 0.05) is 56.0 Å². The Labute approximate surface area is 173 Å². The summed E-state index contributed by atoms with van der Waals surface area (Å²) in [6.07, 6.45) is 5.50. The van der Waals surface area contributed by atoms with E-state index in [9.17, 15) is 4.79 Å². The van der Waals surface area contributed by atoms with E-state index in [-0.39, 0.29) is 5.91 Å². The van der Waals surface area contributed by atoms with E-state index < -0.39 is 0 Å². The summed E-state index contributed by atoms with van der Waals surface area (Å²) in [6, 6.07) is 14.0. The summed E-state index contributed by atoms with van der Waals surface area (Å²) < 4.78 is 1.85. The van der Waals surface area contributed by atoms with Crippen molar-refractivity contribution in [2.24, 2.45) is 0 Å². The van der Waals surface area contributed by atoms with Gasteiger partial charge in [-0.15, -0.1) is 4.58 Å². The molecule has 4 N–H and O–H groups in total. The smallest absolute Gasteiger partial charge is 0.375 e. The standard InChI is InChI=1S/C23H31N5O/c1-3-24-17-27-21-13-7-9-18(2)28(20-11-5-4-6-12-20)23(29)22(21)26-16-14-19-10-8-15-25-19/h4-6,8,10-12,15,24-26H,3,7,9,13-14,16-17H2,1-2H3/p+1. The molecule has 0 fully saturated rings. The van der Waals surface area contributed by atoms with Crippen LogP contribution in [0.4, 0.5) is 5.69 Å². The molecule has 29 heavy (non-hydrogen) atoms. The lowest BCUT2D eigenvalue weighted by atomic mass is 10.1. The SMILES string of the molecule is CCNCN/C1=C(\NCCc2ccc[nH]2)C(=O)[N+](c2ccccc2)=C(C)CCC1. The van der Waals surface area contributed by atoms with Gasteiger partial charge >= 0.3 is 5.91 Å². The number of carbonyl (C=O) groups is 1. The predicted molar refractivity (Wildman–Crippen MR) is 117 cm³/mol. The largest absolute Gasteiger partial charge is 0.442 e. The first kappa shape index (κ1) is 20.9. The summed E-state index contributed by atoms with van der Waals surface area (Å²) in [5.74, 6) is -0.00103. The van der Waals surface area contributed by atoms with Crippen LogP contribution < -0.4 is 16.0 Å². The minimum Gasteiger partial charge on any atom is -0.375 e. The van der Waals surface area contributed by atoms with E-state index >= 15 is 0 Å². The fourth-order valence-corrected chi connectivity index (χ4v) is 3.59. The van der Waals surface area contributed by atoms with Gasteiger partial charge in [0.2, 0.25) is 5.69 Å². The normalized spacial score (nSPS) is 17.8. The highest BCUT2D eigenvalue weighted by molar-refractivity contribution is 5.94. The van der Waals surface area contributed by atoms with E-state index in [1.807, 2.05) is 47.2 Å². The molecule has 0 unspecified atom stereocenters. The Hall–Kier alpha value is -2.86. The molecular formula is C23H32N5O+. The highest BCUT2D eigenvalue weighted by Crippen LogP contribution is 2.20. The van der Waals surface area contributed by atoms with Crippen LogP contribution in [0.2, 0.25) is 0 Å². The van der Waals surface area contributed by atoms with Crippen LogP contribution in [0.25, 0.3) is 0 Å². The monoisotopic (exact) mass is 394 g/mol. The molecule has 1 amide bonds. The minimum atomic E-state index is -0.00103. The fourth-order valence-electron chi connectivity index (χ4n) is 3.59. The fraction of sp³-hybridized carbons (Fsp3) is 0.391. The first-order valence-corrected chi connectivity index (χ1v) is 10.5. The van der Waals surface area contributed by atoms with Gasteiger partial charge in [-0.3, -0.25) is 0 Å². The number of carbonyl (C=O) groups excluding carboxylic acids is 1. The number of aromatic amines is 1. The van der Waals surface area contributed by atoms with E-state index in [0.29, 0.717) is 18.9 Å². The Morgan fingerprint density at radius 2 is 1.90 bits per heavy atom. The summed E-state index contributed by atoms with van der Waals surface area (Å²) in [4.78, 5) is 16.9. The molecule has 1 aliphatic heterocycles. The quantitative estimate of drug-likeness (QED) is 0.300. The van der Waals surface area contributed by atoms with Crippen molar-refractivity contribution in [1.29, 1.82) is 0 Å². The zero-order chi connectivity index (χ0) is 20.5. The number of aromatic nitrogens is 1. The summed E-state index contributed by atoms with van der Waals surface area (Å²) >= 11 is 0. The van der Waals surface area contributed by atoms with Crippen LogP contribution in [-0.2, 0) is 11.2 Å². The number of nitrogens with one attached hydrogen (secondary N) is 4. The number of hydrogen-bond acceptors (Lipinski definition) is 4. The lowest BCUT2D eigenvalue weighted by molar-refractivity contribution is -0.364. The topological polar surface area (TPSA) is 72.0 Å². The third-order valence-corrected chi connectivity index (χ3v) is 5.12. The second-order valence-electron chi connectivity index (χ2n) is 7.25. The van der Waals surface area contributed by atoms with Gasteiger partial charge in [-0.2, -0.15) is 0 Å². The van der Waals surface area contributed by atoms with Gasteiger partial charge in [-0.25, -0.2) is 4.79 Å². The summed E-state index contributed by atoms with van der Waals surface area (Å²) in [7, 11) is 0. The van der Waals surface area contributed by atoms with Crippen molar-refractivity contribution in [2.45, 2.75) is 39.5 Å². The Morgan fingerprint density at radius 3 is 2.62 bits per heavy atom. The van der Waals surface area contributed by atoms with Crippen LogP contribution in [0.15, 0.2) is 60.1 Å². The third kappa shape index (κ3) is 5.57. The maximum Gasteiger partial charge on any atom is 0.442 e.